The third-order valence-corrected chi connectivity index (χ3v) is 2.08. The van der Waals surface area contributed by atoms with Gasteiger partial charge in [0.2, 0.25) is 5.91 Å². The summed E-state index contributed by atoms with van der Waals surface area (Å²) >= 11 is 0. The molecule has 2 nitrogen and oxygen atoms in total. The lowest BCUT2D eigenvalue weighted by Gasteiger charge is -1.98. The van der Waals surface area contributed by atoms with Crippen LogP contribution in [0.4, 0.5) is 0 Å². The van der Waals surface area contributed by atoms with Gasteiger partial charge in [-0.3, -0.25) is 4.79 Å². The summed E-state index contributed by atoms with van der Waals surface area (Å²) in [6, 6.07) is 8.15. The molecule has 0 spiro atoms. The molecule has 0 radical (unpaired) electrons. The summed E-state index contributed by atoms with van der Waals surface area (Å²) in [7, 11) is 0. The molecule has 0 atom stereocenters. The zero-order valence-corrected chi connectivity index (χ0v) is 7.95. The van der Waals surface area contributed by atoms with E-state index in [0.717, 1.165) is 11.3 Å². The third kappa shape index (κ3) is 1.91. The SMILES string of the molecule is Cc1ccc(/C=C2/C=CC(=O)N2)cc1. The monoisotopic (exact) mass is 185 g/mol. The van der Waals surface area contributed by atoms with Gasteiger partial charge in [0.1, 0.15) is 0 Å². The molecule has 0 aromatic heterocycles. The number of allylic oxidation sites excluding steroid dienone is 1. The minimum Gasteiger partial charge on any atom is -0.322 e. The molecule has 1 aliphatic rings. The smallest absolute Gasteiger partial charge is 0.248 e. The molecule has 2 heteroatoms. The Morgan fingerprint density at radius 2 is 1.86 bits per heavy atom. The lowest BCUT2D eigenvalue weighted by atomic mass is 10.1. The predicted molar refractivity (Wildman–Crippen MR) is 56.4 cm³/mol. The van der Waals surface area contributed by atoms with Crippen LogP contribution in [-0.2, 0) is 4.79 Å². The number of benzene rings is 1. The molecular formula is C12H11NO. The Labute approximate surface area is 82.9 Å². The van der Waals surface area contributed by atoms with Crippen molar-refractivity contribution in [1.82, 2.24) is 5.32 Å². The van der Waals surface area contributed by atoms with Gasteiger partial charge in [-0.25, -0.2) is 0 Å². The second-order valence-corrected chi connectivity index (χ2v) is 3.33. The van der Waals surface area contributed by atoms with Gasteiger partial charge in [0, 0.05) is 11.8 Å². The zero-order valence-electron chi connectivity index (χ0n) is 7.95. The first-order valence-electron chi connectivity index (χ1n) is 4.51. The maximum absolute atomic E-state index is 10.9. The van der Waals surface area contributed by atoms with E-state index in [1.54, 1.807) is 6.08 Å². The number of carbonyl (C=O) groups is 1. The molecule has 1 aromatic rings. The normalized spacial score (nSPS) is 17.5. The van der Waals surface area contributed by atoms with Crippen molar-refractivity contribution in [2.45, 2.75) is 6.92 Å². The average molecular weight is 185 g/mol. The molecule has 14 heavy (non-hydrogen) atoms. The van der Waals surface area contributed by atoms with Crippen LogP contribution in [0.2, 0.25) is 0 Å². The first-order valence-corrected chi connectivity index (χ1v) is 4.51. The topological polar surface area (TPSA) is 29.1 Å². The average Bonchev–Trinajstić information content (AvgIpc) is 2.56. The van der Waals surface area contributed by atoms with Crippen molar-refractivity contribution in [3.8, 4) is 0 Å². The standard InChI is InChI=1S/C12H11NO/c1-9-2-4-10(5-3-9)8-11-6-7-12(14)13-11/h2-8H,1H3,(H,13,14)/b11-8-. The predicted octanol–water partition coefficient (Wildman–Crippen LogP) is 2.02. The van der Waals surface area contributed by atoms with Crippen LogP contribution in [0, 0.1) is 6.92 Å². The summed E-state index contributed by atoms with van der Waals surface area (Å²) in [5, 5.41) is 2.73. The molecule has 0 aliphatic carbocycles. The lowest BCUT2D eigenvalue weighted by molar-refractivity contribution is -0.115. The number of hydrogen-bond acceptors (Lipinski definition) is 1. The second-order valence-electron chi connectivity index (χ2n) is 3.33. The molecule has 2 rings (SSSR count). The minimum atomic E-state index is -0.0524. The van der Waals surface area contributed by atoms with E-state index in [2.05, 4.69) is 5.32 Å². The Morgan fingerprint density at radius 3 is 2.43 bits per heavy atom. The first-order chi connectivity index (χ1) is 6.74. The molecule has 1 aromatic carbocycles. The van der Waals surface area contributed by atoms with Crippen molar-refractivity contribution in [3.05, 3.63) is 53.2 Å². The summed E-state index contributed by atoms with van der Waals surface area (Å²) in [6.07, 6.45) is 5.25. The Kier molecular flexibility index (Phi) is 2.19. The number of amides is 1. The Bertz CT molecular complexity index is 412. The summed E-state index contributed by atoms with van der Waals surface area (Å²) in [5.74, 6) is -0.0524. The second kappa shape index (κ2) is 3.50. The number of carbonyl (C=O) groups excluding carboxylic acids is 1. The van der Waals surface area contributed by atoms with Crippen LogP contribution in [0.5, 0.6) is 0 Å². The Morgan fingerprint density at radius 1 is 1.14 bits per heavy atom. The van der Waals surface area contributed by atoms with E-state index >= 15 is 0 Å². The zero-order chi connectivity index (χ0) is 9.97. The van der Waals surface area contributed by atoms with Crippen LogP contribution < -0.4 is 5.32 Å². The van der Waals surface area contributed by atoms with E-state index in [0.29, 0.717) is 0 Å². The number of aryl methyl sites for hydroxylation is 1. The number of hydrogen-bond donors (Lipinski definition) is 1. The summed E-state index contributed by atoms with van der Waals surface area (Å²) in [4.78, 5) is 10.9. The van der Waals surface area contributed by atoms with Crippen molar-refractivity contribution < 1.29 is 4.79 Å². The molecule has 1 aliphatic heterocycles. The van der Waals surface area contributed by atoms with E-state index < -0.39 is 0 Å². The minimum absolute atomic E-state index is 0.0524. The van der Waals surface area contributed by atoms with Crippen molar-refractivity contribution in [2.24, 2.45) is 0 Å². The summed E-state index contributed by atoms with van der Waals surface area (Å²) in [6.45, 7) is 2.05. The van der Waals surface area contributed by atoms with E-state index in [4.69, 9.17) is 0 Å². The van der Waals surface area contributed by atoms with Gasteiger partial charge in [-0.2, -0.15) is 0 Å². The Balaban J connectivity index is 2.22. The molecule has 1 amide bonds. The van der Waals surface area contributed by atoms with E-state index in [9.17, 15) is 4.79 Å². The summed E-state index contributed by atoms with van der Waals surface area (Å²) in [5.41, 5.74) is 3.18. The van der Waals surface area contributed by atoms with Gasteiger partial charge in [-0.05, 0) is 24.6 Å². The molecule has 0 saturated heterocycles. The highest BCUT2D eigenvalue weighted by Crippen LogP contribution is 2.10. The molecule has 0 unspecified atom stereocenters. The van der Waals surface area contributed by atoms with Crippen LogP contribution in [0.1, 0.15) is 11.1 Å². The van der Waals surface area contributed by atoms with Gasteiger partial charge in [0.25, 0.3) is 0 Å². The van der Waals surface area contributed by atoms with Gasteiger partial charge in [-0.15, -0.1) is 0 Å². The van der Waals surface area contributed by atoms with E-state index in [-0.39, 0.29) is 5.91 Å². The quantitative estimate of drug-likeness (QED) is 0.712. The van der Waals surface area contributed by atoms with Gasteiger partial charge >= 0.3 is 0 Å². The lowest BCUT2D eigenvalue weighted by Crippen LogP contribution is -2.12. The molecular weight excluding hydrogens is 174 g/mol. The fourth-order valence-corrected chi connectivity index (χ4v) is 1.32. The van der Waals surface area contributed by atoms with Crippen LogP contribution in [0.15, 0.2) is 42.1 Å². The molecule has 0 saturated carbocycles. The van der Waals surface area contributed by atoms with Crippen molar-refractivity contribution in [2.75, 3.05) is 0 Å². The maximum atomic E-state index is 10.9. The largest absolute Gasteiger partial charge is 0.322 e. The van der Waals surface area contributed by atoms with Gasteiger partial charge in [0.15, 0.2) is 0 Å². The van der Waals surface area contributed by atoms with Crippen molar-refractivity contribution in [1.29, 1.82) is 0 Å². The van der Waals surface area contributed by atoms with Gasteiger partial charge in [-0.1, -0.05) is 29.8 Å². The van der Waals surface area contributed by atoms with Crippen LogP contribution in [0.3, 0.4) is 0 Å². The molecule has 0 fully saturated rings. The van der Waals surface area contributed by atoms with E-state index in [1.165, 1.54) is 11.6 Å². The van der Waals surface area contributed by atoms with Crippen molar-refractivity contribution in [3.63, 3.8) is 0 Å². The fraction of sp³-hybridized carbons (Fsp3) is 0.0833. The third-order valence-electron chi connectivity index (χ3n) is 2.08. The number of rotatable bonds is 1. The van der Waals surface area contributed by atoms with Crippen molar-refractivity contribution >= 4 is 12.0 Å². The van der Waals surface area contributed by atoms with Gasteiger partial charge < -0.3 is 5.32 Å². The first kappa shape index (κ1) is 8.75. The molecule has 1 N–H and O–H groups in total. The highest BCUT2D eigenvalue weighted by Gasteiger charge is 2.05. The number of nitrogens with one attached hydrogen (secondary N) is 1. The van der Waals surface area contributed by atoms with E-state index in [1.807, 2.05) is 37.3 Å². The maximum Gasteiger partial charge on any atom is 0.248 e. The summed E-state index contributed by atoms with van der Waals surface area (Å²) < 4.78 is 0. The molecule has 70 valence electrons. The molecule has 1 heterocycles. The molecule has 0 bridgehead atoms. The fourth-order valence-electron chi connectivity index (χ4n) is 1.32. The van der Waals surface area contributed by atoms with Crippen LogP contribution in [0.25, 0.3) is 6.08 Å². The van der Waals surface area contributed by atoms with Crippen LogP contribution >= 0.6 is 0 Å². The highest BCUT2D eigenvalue weighted by atomic mass is 16.1. The van der Waals surface area contributed by atoms with Crippen LogP contribution in [-0.4, -0.2) is 5.91 Å². The Hall–Kier alpha value is -1.83. The highest BCUT2D eigenvalue weighted by molar-refractivity contribution is 5.94. The van der Waals surface area contributed by atoms with Gasteiger partial charge in [0.05, 0.1) is 0 Å².